The van der Waals surface area contributed by atoms with E-state index in [9.17, 15) is 4.79 Å². The number of nitrogen functional groups attached to an aromatic ring is 1. The van der Waals surface area contributed by atoms with Gasteiger partial charge in [-0.25, -0.2) is 0 Å². The lowest BCUT2D eigenvalue weighted by atomic mass is 10.1. The molecule has 0 radical (unpaired) electrons. The zero-order chi connectivity index (χ0) is 12.3. The lowest BCUT2D eigenvalue weighted by molar-refractivity contribution is 0.0303. The molecule has 1 fully saturated rings. The summed E-state index contributed by atoms with van der Waals surface area (Å²) in [4.78, 5) is 13.9. The van der Waals surface area contributed by atoms with E-state index in [2.05, 4.69) is 0 Å². The van der Waals surface area contributed by atoms with Crippen molar-refractivity contribution in [2.75, 3.05) is 32.0 Å². The monoisotopic (exact) mass is 233 g/mol. The molecule has 1 aliphatic heterocycles. The molecular formula is C12H15N3O2. The Bertz CT molecular complexity index is 439. The molecule has 0 saturated carbocycles. The van der Waals surface area contributed by atoms with Crippen LogP contribution in [0.2, 0.25) is 0 Å². The van der Waals surface area contributed by atoms with E-state index in [1.165, 1.54) is 6.21 Å². The molecule has 0 bridgehead atoms. The Hall–Kier alpha value is -1.88. The van der Waals surface area contributed by atoms with Crippen LogP contribution in [-0.4, -0.2) is 43.3 Å². The van der Waals surface area contributed by atoms with Crippen LogP contribution in [0.5, 0.6) is 0 Å². The molecule has 90 valence electrons. The molecule has 1 aliphatic rings. The van der Waals surface area contributed by atoms with Gasteiger partial charge in [0.2, 0.25) is 0 Å². The van der Waals surface area contributed by atoms with Gasteiger partial charge in [0.25, 0.3) is 5.91 Å². The van der Waals surface area contributed by atoms with Crippen molar-refractivity contribution >= 4 is 17.8 Å². The molecule has 2 rings (SSSR count). The molecule has 0 atom stereocenters. The molecular weight excluding hydrogens is 218 g/mol. The first-order valence-electron chi connectivity index (χ1n) is 5.49. The Labute approximate surface area is 99.7 Å². The zero-order valence-corrected chi connectivity index (χ0v) is 9.48. The van der Waals surface area contributed by atoms with E-state index in [1.807, 2.05) is 0 Å². The molecule has 1 saturated heterocycles. The lowest BCUT2D eigenvalue weighted by Crippen LogP contribution is -2.40. The van der Waals surface area contributed by atoms with Gasteiger partial charge in [-0.2, -0.15) is 0 Å². The average molecular weight is 233 g/mol. The third-order valence-corrected chi connectivity index (χ3v) is 2.79. The Morgan fingerprint density at radius 2 is 2.12 bits per heavy atom. The predicted octanol–water partition coefficient (Wildman–Crippen LogP) is 0.739. The maximum absolute atomic E-state index is 12.1. The van der Waals surface area contributed by atoms with Gasteiger partial charge < -0.3 is 20.8 Å². The highest BCUT2D eigenvalue weighted by Crippen LogP contribution is 2.14. The fraction of sp³-hybridized carbons (Fsp3) is 0.333. The van der Waals surface area contributed by atoms with Gasteiger partial charge in [0.15, 0.2) is 0 Å². The summed E-state index contributed by atoms with van der Waals surface area (Å²) < 4.78 is 5.20. The first-order chi connectivity index (χ1) is 8.22. The number of benzene rings is 1. The topological polar surface area (TPSA) is 79.4 Å². The third kappa shape index (κ3) is 2.45. The molecule has 0 unspecified atom stereocenters. The van der Waals surface area contributed by atoms with E-state index >= 15 is 0 Å². The number of nitrogens with one attached hydrogen (secondary N) is 1. The molecule has 1 aromatic carbocycles. The second kappa shape index (κ2) is 4.97. The summed E-state index contributed by atoms with van der Waals surface area (Å²) in [5.41, 5.74) is 7.40. The van der Waals surface area contributed by atoms with Crippen molar-refractivity contribution in [2.24, 2.45) is 0 Å². The normalized spacial score (nSPS) is 15.6. The number of rotatable bonds is 2. The summed E-state index contributed by atoms with van der Waals surface area (Å²) in [6.45, 7) is 2.40. The number of ether oxygens (including phenoxy) is 1. The number of hydrogen-bond donors (Lipinski definition) is 2. The SMILES string of the molecule is N=Cc1ccc(C(=O)N2CCOCC2)cc1N. The first-order valence-corrected chi connectivity index (χ1v) is 5.49. The van der Waals surface area contributed by atoms with Crippen molar-refractivity contribution in [3.05, 3.63) is 29.3 Å². The van der Waals surface area contributed by atoms with Gasteiger partial charge in [-0.05, 0) is 12.1 Å². The molecule has 1 aromatic rings. The Morgan fingerprint density at radius 1 is 1.41 bits per heavy atom. The fourth-order valence-corrected chi connectivity index (χ4v) is 1.79. The minimum atomic E-state index is -0.0310. The van der Waals surface area contributed by atoms with Crippen molar-refractivity contribution in [3.63, 3.8) is 0 Å². The lowest BCUT2D eigenvalue weighted by Gasteiger charge is -2.27. The summed E-state index contributed by atoms with van der Waals surface area (Å²) in [5.74, 6) is -0.0310. The van der Waals surface area contributed by atoms with E-state index < -0.39 is 0 Å². The van der Waals surface area contributed by atoms with E-state index in [-0.39, 0.29) is 5.91 Å². The highest BCUT2D eigenvalue weighted by Gasteiger charge is 2.18. The summed E-state index contributed by atoms with van der Waals surface area (Å²) in [6, 6.07) is 5.02. The smallest absolute Gasteiger partial charge is 0.254 e. The zero-order valence-electron chi connectivity index (χ0n) is 9.48. The van der Waals surface area contributed by atoms with Crippen LogP contribution in [0, 0.1) is 5.41 Å². The minimum Gasteiger partial charge on any atom is -0.398 e. The molecule has 1 heterocycles. The van der Waals surface area contributed by atoms with E-state index in [0.717, 1.165) is 0 Å². The highest BCUT2D eigenvalue weighted by atomic mass is 16.5. The number of nitrogens with two attached hydrogens (primary N) is 1. The van der Waals surface area contributed by atoms with Gasteiger partial charge in [0, 0.05) is 36.1 Å². The van der Waals surface area contributed by atoms with Crippen LogP contribution in [0.4, 0.5) is 5.69 Å². The highest BCUT2D eigenvalue weighted by molar-refractivity contribution is 5.97. The van der Waals surface area contributed by atoms with Gasteiger partial charge in [-0.3, -0.25) is 4.79 Å². The Morgan fingerprint density at radius 3 is 2.71 bits per heavy atom. The third-order valence-electron chi connectivity index (χ3n) is 2.79. The first kappa shape index (κ1) is 11.6. The van der Waals surface area contributed by atoms with Crippen molar-refractivity contribution in [1.29, 1.82) is 5.41 Å². The van der Waals surface area contributed by atoms with Crippen LogP contribution in [0.3, 0.4) is 0 Å². The molecule has 0 spiro atoms. The molecule has 3 N–H and O–H groups in total. The molecule has 5 nitrogen and oxygen atoms in total. The van der Waals surface area contributed by atoms with Crippen LogP contribution in [0.1, 0.15) is 15.9 Å². The molecule has 0 aliphatic carbocycles. The molecule has 1 amide bonds. The van der Waals surface area contributed by atoms with Crippen molar-refractivity contribution in [2.45, 2.75) is 0 Å². The Kier molecular flexibility index (Phi) is 3.39. The van der Waals surface area contributed by atoms with E-state index in [1.54, 1.807) is 23.1 Å². The summed E-state index contributed by atoms with van der Waals surface area (Å²) in [6.07, 6.45) is 1.18. The minimum absolute atomic E-state index is 0.0310. The second-order valence-electron chi connectivity index (χ2n) is 3.89. The fourth-order valence-electron chi connectivity index (χ4n) is 1.79. The van der Waals surface area contributed by atoms with Crippen molar-refractivity contribution < 1.29 is 9.53 Å². The van der Waals surface area contributed by atoms with E-state index in [0.29, 0.717) is 43.1 Å². The quantitative estimate of drug-likeness (QED) is 0.584. The predicted molar refractivity (Wildman–Crippen MR) is 65.5 cm³/mol. The number of amides is 1. The van der Waals surface area contributed by atoms with Crippen LogP contribution in [-0.2, 0) is 4.74 Å². The summed E-state index contributed by atoms with van der Waals surface area (Å²) >= 11 is 0. The molecule has 5 heteroatoms. The summed E-state index contributed by atoms with van der Waals surface area (Å²) in [5, 5.41) is 7.14. The maximum atomic E-state index is 12.1. The Balaban J connectivity index is 2.18. The van der Waals surface area contributed by atoms with Gasteiger partial charge in [-0.1, -0.05) is 6.07 Å². The maximum Gasteiger partial charge on any atom is 0.254 e. The van der Waals surface area contributed by atoms with Crippen molar-refractivity contribution in [3.8, 4) is 0 Å². The van der Waals surface area contributed by atoms with Crippen molar-refractivity contribution in [1.82, 2.24) is 4.90 Å². The van der Waals surface area contributed by atoms with E-state index in [4.69, 9.17) is 15.9 Å². The van der Waals surface area contributed by atoms with Gasteiger partial charge in [-0.15, -0.1) is 0 Å². The van der Waals surface area contributed by atoms with Gasteiger partial charge in [0.05, 0.1) is 13.2 Å². The van der Waals surface area contributed by atoms with Gasteiger partial charge in [0.1, 0.15) is 0 Å². The van der Waals surface area contributed by atoms with Gasteiger partial charge >= 0.3 is 0 Å². The average Bonchev–Trinajstić information content (AvgIpc) is 2.39. The second-order valence-corrected chi connectivity index (χ2v) is 3.89. The standard InChI is InChI=1S/C12H15N3O2/c13-8-10-2-1-9(7-11(10)14)12(16)15-3-5-17-6-4-15/h1-2,7-8,13H,3-6,14H2. The number of morpholine rings is 1. The number of carbonyl (C=O) groups is 1. The molecule has 0 aromatic heterocycles. The number of anilines is 1. The number of nitrogens with zero attached hydrogens (tertiary/aromatic N) is 1. The van der Waals surface area contributed by atoms with Crippen LogP contribution in [0.25, 0.3) is 0 Å². The largest absolute Gasteiger partial charge is 0.398 e. The van der Waals surface area contributed by atoms with Crippen LogP contribution < -0.4 is 5.73 Å². The van der Waals surface area contributed by atoms with Crippen LogP contribution in [0.15, 0.2) is 18.2 Å². The van der Waals surface area contributed by atoms with Crippen LogP contribution >= 0.6 is 0 Å². The number of hydrogen-bond acceptors (Lipinski definition) is 4. The molecule has 17 heavy (non-hydrogen) atoms. The number of carbonyl (C=O) groups excluding carboxylic acids is 1. The summed E-state index contributed by atoms with van der Waals surface area (Å²) in [7, 11) is 0.